The van der Waals surface area contributed by atoms with E-state index in [0.29, 0.717) is 11.3 Å². The first-order chi connectivity index (χ1) is 8.66. The summed E-state index contributed by atoms with van der Waals surface area (Å²) in [6, 6.07) is 6.02. The number of aromatic carboxylic acids is 1. The third-order valence-electron chi connectivity index (χ3n) is 2.24. The maximum Gasteiger partial charge on any atom is 0.371 e. The zero-order chi connectivity index (χ0) is 13.0. The lowest BCUT2D eigenvalue weighted by atomic mass is 10.2. The molecule has 2 aromatic rings. The van der Waals surface area contributed by atoms with Crippen molar-refractivity contribution in [3.63, 3.8) is 0 Å². The van der Waals surface area contributed by atoms with E-state index in [9.17, 15) is 9.59 Å². The lowest BCUT2D eigenvalue weighted by molar-refractivity contribution is 0.0660. The van der Waals surface area contributed by atoms with Crippen molar-refractivity contribution in [3.05, 3.63) is 53.7 Å². The molecule has 0 aromatic carbocycles. The number of carboxylic acids is 1. The highest BCUT2D eigenvalue weighted by Crippen LogP contribution is 2.07. The van der Waals surface area contributed by atoms with E-state index in [-0.39, 0.29) is 18.2 Å². The van der Waals surface area contributed by atoms with Crippen LogP contribution in [-0.4, -0.2) is 22.0 Å². The molecule has 1 amide bonds. The summed E-state index contributed by atoms with van der Waals surface area (Å²) < 4.78 is 5.00. The minimum atomic E-state index is -1.14. The van der Waals surface area contributed by atoms with Crippen LogP contribution in [0.25, 0.3) is 0 Å². The van der Waals surface area contributed by atoms with Gasteiger partial charge in [-0.3, -0.25) is 9.78 Å². The molecular formula is C12H10N2O4. The Morgan fingerprint density at radius 2 is 1.94 bits per heavy atom. The minimum absolute atomic E-state index is 0.133. The van der Waals surface area contributed by atoms with Crippen LogP contribution in [-0.2, 0) is 6.54 Å². The van der Waals surface area contributed by atoms with Crippen molar-refractivity contribution in [2.45, 2.75) is 6.54 Å². The summed E-state index contributed by atoms with van der Waals surface area (Å²) >= 11 is 0. The Hall–Kier alpha value is -2.63. The minimum Gasteiger partial charge on any atom is -0.475 e. The van der Waals surface area contributed by atoms with Gasteiger partial charge in [0.1, 0.15) is 5.76 Å². The molecule has 0 atom stereocenters. The molecule has 0 unspecified atom stereocenters. The van der Waals surface area contributed by atoms with Crippen molar-refractivity contribution < 1.29 is 19.1 Å². The van der Waals surface area contributed by atoms with Gasteiger partial charge >= 0.3 is 5.97 Å². The molecule has 2 rings (SSSR count). The summed E-state index contributed by atoms with van der Waals surface area (Å²) in [7, 11) is 0. The zero-order valence-electron chi connectivity index (χ0n) is 9.29. The van der Waals surface area contributed by atoms with Crippen molar-refractivity contribution in [2.75, 3.05) is 0 Å². The second-order valence-corrected chi connectivity index (χ2v) is 3.49. The van der Waals surface area contributed by atoms with Gasteiger partial charge < -0.3 is 14.8 Å². The first-order valence-electron chi connectivity index (χ1n) is 5.17. The maximum absolute atomic E-state index is 11.7. The number of aromatic nitrogens is 1. The van der Waals surface area contributed by atoms with Crippen LogP contribution in [0.4, 0.5) is 0 Å². The molecule has 0 aliphatic heterocycles. The first kappa shape index (κ1) is 11.8. The van der Waals surface area contributed by atoms with Gasteiger partial charge in [-0.05, 0) is 24.3 Å². The molecule has 0 aliphatic rings. The summed E-state index contributed by atoms with van der Waals surface area (Å²) in [5.41, 5.74) is 0.481. The quantitative estimate of drug-likeness (QED) is 0.848. The molecule has 2 heterocycles. The molecule has 18 heavy (non-hydrogen) atoms. The highest BCUT2D eigenvalue weighted by Gasteiger charge is 2.10. The Morgan fingerprint density at radius 1 is 1.22 bits per heavy atom. The van der Waals surface area contributed by atoms with Crippen molar-refractivity contribution >= 4 is 11.9 Å². The Kier molecular flexibility index (Phi) is 3.38. The summed E-state index contributed by atoms with van der Waals surface area (Å²) in [5.74, 6) is -1.18. The number of nitrogens with one attached hydrogen (secondary N) is 1. The molecule has 6 heteroatoms. The van der Waals surface area contributed by atoms with Crippen molar-refractivity contribution in [2.24, 2.45) is 0 Å². The van der Waals surface area contributed by atoms with Crippen LogP contribution in [0.2, 0.25) is 0 Å². The van der Waals surface area contributed by atoms with Gasteiger partial charge in [0.15, 0.2) is 0 Å². The number of carbonyl (C=O) groups is 2. The van der Waals surface area contributed by atoms with Crippen molar-refractivity contribution in [3.8, 4) is 0 Å². The van der Waals surface area contributed by atoms with E-state index in [1.165, 1.54) is 24.5 Å². The smallest absolute Gasteiger partial charge is 0.371 e. The van der Waals surface area contributed by atoms with E-state index < -0.39 is 5.97 Å². The number of hydrogen-bond donors (Lipinski definition) is 2. The summed E-state index contributed by atoms with van der Waals surface area (Å²) in [6.07, 6.45) is 3.04. The average Bonchev–Trinajstić information content (AvgIpc) is 2.86. The Balaban J connectivity index is 1.95. The number of pyridine rings is 1. The van der Waals surface area contributed by atoms with Crippen LogP contribution in [0.3, 0.4) is 0 Å². The fraction of sp³-hybridized carbons (Fsp3) is 0.0833. The van der Waals surface area contributed by atoms with Gasteiger partial charge in [-0.1, -0.05) is 0 Å². The molecule has 6 nitrogen and oxygen atoms in total. The number of hydrogen-bond acceptors (Lipinski definition) is 4. The number of nitrogens with zero attached hydrogens (tertiary/aromatic N) is 1. The fourth-order valence-corrected chi connectivity index (χ4v) is 1.36. The van der Waals surface area contributed by atoms with Gasteiger partial charge in [0.2, 0.25) is 5.76 Å². The van der Waals surface area contributed by atoms with Crippen molar-refractivity contribution in [1.29, 1.82) is 0 Å². The largest absolute Gasteiger partial charge is 0.475 e. The zero-order valence-corrected chi connectivity index (χ0v) is 9.29. The highest BCUT2D eigenvalue weighted by atomic mass is 16.4. The summed E-state index contributed by atoms with van der Waals surface area (Å²) in [5, 5.41) is 11.3. The van der Waals surface area contributed by atoms with Crippen LogP contribution in [0.5, 0.6) is 0 Å². The van der Waals surface area contributed by atoms with Gasteiger partial charge in [0, 0.05) is 18.0 Å². The van der Waals surface area contributed by atoms with Gasteiger partial charge in [0.05, 0.1) is 6.54 Å². The lowest BCUT2D eigenvalue weighted by Crippen LogP contribution is -2.22. The van der Waals surface area contributed by atoms with Crippen LogP contribution in [0, 0.1) is 0 Å². The molecule has 0 fully saturated rings. The normalized spacial score (nSPS) is 10.0. The van der Waals surface area contributed by atoms with E-state index in [2.05, 4.69) is 10.3 Å². The second kappa shape index (κ2) is 5.13. The number of amides is 1. The van der Waals surface area contributed by atoms with Crippen LogP contribution in [0.1, 0.15) is 26.7 Å². The summed E-state index contributed by atoms with van der Waals surface area (Å²) in [4.78, 5) is 26.1. The first-order valence-corrected chi connectivity index (χ1v) is 5.17. The second-order valence-electron chi connectivity index (χ2n) is 3.49. The van der Waals surface area contributed by atoms with Crippen LogP contribution >= 0.6 is 0 Å². The number of carbonyl (C=O) groups excluding carboxylic acids is 1. The lowest BCUT2D eigenvalue weighted by Gasteiger charge is -2.02. The van der Waals surface area contributed by atoms with Gasteiger partial charge in [0.25, 0.3) is 5.91 Å². The molecule has 0 radical (unpaired) electrons. The third kappa shape index (κ3) is 2.73. The average molecular weight is 246 g/mol. The Labute approximate surface area is 102 Å². The number of carboxylic acid groups (broad SMARTS) is 1. The predicted octanol–water partition coefficient (Wildman–Crippen LogP) is 1.30. The SMILES string of the molecule is O=C(NCc1ccc(C(=O)O)o1)c1ccncc1. The van der Waals surface area contributed by atoms with Gasteiger partial charge in [-0.15, -0.1) is 0 Å². The predicted molar refractivity (Wildman–Crippen MR) is 61.1 cm³/mol. The molecule has 0 bridgehead atoms. The van der Waals surface area contributed by atoms with Crippen LogP contribution < -0.4 is 5.32 Å². The van der Waals surface area contributed by atoms with E-state index in [1.54, 1.807) is 12.1 Å². The standard InChI is InChI=1S/C12H10N2O4/c15-11(8-3-5-13-6-4-8)14-7-9-1-2-10(18-9)12(16)17/h1-6H,7H2,(H,14,15)(H,16,17). The Bertz CT molecular complexity index is 562. The molecule has 92 valence electrons. The Morgan fingerprint density at radius 3 is 2.56 bits per heavy atom. The molecule has 2 aromatic heterocycles. The van der Waals surface area contributed by atoms with Crippen LogP contribution in [0.15, 0.2) is 41.1 Å². The third-order valence-corrected chi connectivity index (χ3v) is 2.24. The molecule has 0 spiro atoms. The van der Waals surface area contributed by atoms with E-state index >= 15 is 0 Å². The highest BCUT2D eigenvalue weighted by molar-refractivity contribution is 5.93. The monoisotopic (exact) mass is 246 g/mol. The molecule has 0 saturated carbocycles. The van der Waals surface area contributed by atoms with Gasteiger partial charge in [-0.2, -0.15) is 0 Å². The molecule has 0 aliphatic carbocycles. The van der Waals surface area contributed by atoms with E-state index in [1.807, 2.05) is 0 Å². The maximum atomic E-state index is 11.7. The summed E-state index contributed by atoms with van der Waals surface area (Å²) in [6.45, 7) is 0.133. The van der Waals surface area contributed by atoms with E-state index in [4.69, 9.17) is 9.52 Å². The van der Waals surface area contributed by atoms with Gasteiger partial charge in [-0.25, -0.2) is 4.79 Å². The topological polar surface area (TPSA) is 92.4 Å². The molecular weight excluding hydrogens is 236 g/mol. The number of furan rings is 1. The fourth-order valence-electron chi connectivity index (χ4n) is 1.36. The van der Waals surface area contributed by atoms with E-state index in [0.717, 1.165) is 0 Å². The van der Waals surface area contributed by atoms with Crippen molar-refractivity contribution in [1.82, 2.24) is 10.3 Å². The molecule has 2 N–H and O–H groups in total. The molecule has 0 saturated heterocycles. The number of rotatable bonds is 4.